The van der Waals surface area contributed by atoms with Crippen LogP contribution in [0, 0.1) is 5.92 Å². The predicted octanol–water partition coefficient (Wildman–Crippen LogP) is 5.65. The van der Waals surface area contributed by atoms with Crippen molar-refractivity contribution < 1.29 is 9.53 Å². The van der Waals surface area contributed by atoms with Crippen LogP contribution in [0.3, 0.4) is 0 Å². The lowest BCUT2D eigenvalue weighted by molar-refractivity contribution is -0.117. The summed E-state index contributed by atoms with van der Waals surface area (Å²) in [5.41, 5.74) is 1.41. The summed E-state index contributed by atoms with van der Waals surface area (Å²) in [6.07, 6.45) is 9.74. The molecule has 2 aromatic rings. The van der Waals surface area contributed by atoms with Gasteiger partial charge >= 0.3 is 0 Å². The van der Waals surface area contributed by atoms with Crippen LogP contribution in [-0.2, 0) is 10.2 Å². The monoisotopic (exact) mass is 514 g/mol. The molecule has 3 atom stereocenters. The van der Waals surface area contributed by atoms with Gasteiger partial charge in [0.1, 0.15) is 5.75 Å². The molecule has 170 valence electrons. The molecule has 0 spiro atoms. The van der Waals surface area contributed by atoms with Crippen LogP contribution in [0.2, 0.25) is 0 Å². The van der Waals surface area contributed by atoms with Gasteiger partial charge in [-0.25, -0.2) is 0 Å². The Labute approximate surface area is 203 Å². The first kappa shape index (κ1) is 23.3. The van der Waals surface area contributed by atoms with E-state index in [1.54, 1.807) is 24.5 Å². The minimum Gasteiger partial charge on any atom is -0.497 e. The molecule has 4 nitrogen and oxygen atoms in total. The minimum atomic E-state index is -0.0112. The number of nitrogens with zero attached hydrogens (tertiary/aromatic N) is 1. The van der Waals surface area contributed by atoms with E-state index >= 15 is 0 Å². The molecule has 1 aromatic carbocycles. The molecule has 1 aliphatic carbocycles. The Hall–Kier alpha value is -1.89. The van der Waals surface area contributed by atoms with E-state index in [9.17, 15) is 4.79 Å². The number of piperidine rings is 1. The second-order valence-corrected chi connectivity index (χ2v) is 10.7. The standard InChI is InChI=1S/C26H31BrN2O2S/c1-3-12-29-13-11-26(19-5-4-6-23(14-19)31-2)16-22(8-7-20(26)17-29)28-25(30)10-9-24-15-21(27)18-32-24/h3-6,9-10,14-15,18,20,22H,1,7-8,11-13,16-17H2,2H3,(H,28,30)/t20-,22-,26+/m1/s1. The third-order valence-corrected chi connectivity index (χ3v) is 8.63. The van der Waals surface area contributed by atoms with Gasteiger partial charge in [-0.2, -0.15) is 0 Å². The van der Waals surface area contributed by atoms with Gasteiger partial charge in [-0.15, -0.1) is 17.9 Å². The lowest BCUT2D eigenvalue weighted by Crippen LogP contribution is -2.56. The van der Waals surface area contributed by atoms with Gasteiger partial charge in [0.25, 0.3) is 0 Å². The van der Waals surface area contributed by atoms with E-state index in [0.29, 0.717) is 5.92 Å². The zero-order valence-corrected chi connectivity index (χ0v) is 21.0. The molecule has 2 aliphatic rings. The second-order valence-electron chi connectivity index (χ2n) is 8.87. The van der Waals surface area contributed by atoms with E-state index in [4.69, 9.17) is 4.74 Å². The Morgan fingerprint density at radius 3 is 3.03 bits per heavy atom. The maximum absolute atomic E-state index is 12.7. The number of ether oxygens (including phenoxy) is 1. The smallest absolute Gasteiger partial charge is 0.244 e. The number of methoxy groups -OCH3 is 1. The fourth-order valence-electron chi connectivity index (χ4n) is 5.44. The van der Waals surface area contributed by atoms with Crippen molar-refractivity contribution in [3.05, 3.63) is 69.4 Å². The molecule has 0 unspecified atom stereocenters. The molecule has 32 heavy (non-hydrogen) atoms. The topological polar surface area (TPSA) is 41.6 Å². The van der Waals surface area contributed by atoms with Crippen molar-refractivity contribution in [3.63, 3.8) is 0 Å². The van der Waals surface area contributed by atoms with Gasteiger partial charge in [-0.1, -0.05) is 18.2 Å². The molecule has 1 saturated heterocycles. The van der Waals surface area contributed by atoms with Crippen LogP contribution in [0.15, 0.2) is 58.9 Å². The molecule has 6 heteroatoms. The first-order valence-corrected chi connectivity index (χ1v) is 12.9. The van der Waals surface area contributed by atoms with Gasteiger partial charge in [0, 0.05) is 45.4 Å². The van der Waals surface area contributed by atoms with E-state index < -0.39 is 0 Å². The molecule has 4 rings (SSSR count). The van der Waals surface area contributed by atoms with E-state index in [-0.39, 0.29) is 17.4 Å². The van der Waals surface area contributed by atoms with E-state index in [0.717, 1.165) is 60.4 Å². The average molecular weight is 516 g/mol. The van der Waals surface area contributed by atoms with E-state index in [1.807, 2.05) is 29.7 Å². The van der Waals surface area contributed by atoms with Crippen LogP contribution in [-0.4, -0.2) is 43.6 Å². The molecule has 0 bridgehead atoms. The summed E-state index contributed by atoms with van der Waals surface area (Å²) in [4.78, 5) is 16.3. The fraction of sp³-hybridized carbons (Fsp3) is 0.423. The van der Waals surface area contributed by atoms with Crippen molar-refractivity contribution in [3.8, 4) is 5.75 Å². The average Bonchev–Trinajstić information content (AvgIpc) is 3.23. The number of carbonyl (C=O) groups is 1. The highest BCUT2D eigenvalue weighted by molar-refractivity contribution is 9.10. The quantitative estimate of drug-likeness (QED) is 0.383. The molecule has 1 aliphatic heterocycles. The molecular weight excluding hydrogens is 484 g/mol. The van der Waals surface area contributed by atoms with Gasteiger partial charge in [0.05, 0.1) is 7.11 Å². The van der Waals surface area contributed by atoms with Crippen molar-refractivity contribution in [2.24, 2.45) is 5.92 Å². The number of benzene rings is 1. The maximum Gasteiger partial charge on any atom is 0.244 e. The maximum atomic E-state index is 12.7. The molecule has 1 aromatic heterocycles. The van der Waals surface area contributed by atoms with Crippen molar-refractivity contribution in [1.82, 2.24) is 10.2 Å². The summed E-state index contributed by atoms with van der Waals surface area (Å²) < 4.78 is 6.59. The van der Waals surface area contributed by atoms with Crippen LogP contribution >= 0.6 is 27.3 Å². The van der Waals surface area contributed by atoms with Crippen molar-refractivity contribution in [2.75, 3.05) is 26.7 Å². The van der Waals surface area contributed by atoms with Crippen molar-refractivity contribution in [2.45, 2.75) is 37.1 Å². The van der Waals surface area contributed by atoms with Crippen molar-refractivity contribution >= 4 is 39.2 Å². The van der Waals surface area contributed by atoms with Crippen LogP contribution in [0.5, 0.6) is 5.75 Å². The summed E-state index contributed by atoms with van der Waals surface area (Å²) in [5.74, 6) is 1.46. The van der Waals surface area contributed by atoms with Gasteiger partial charge in [0.15, 0.2) is 0 Å². The summed E-state index contributed by atoms with van der Waals surface area (Å²) in [6.45, 7) is 7.00. The third kappa shape index (κ3) is 5.19. The van der Waals surface area contributed by atoms with Gasteiger partial charge < -0.3 is 10.1 Å². The Morgan fingerprint density at radius 2 is 2.28 bits per heavy atom. The highest BCUT2D eigenvalue weighted by atomic mass is 79.9. The Balaban J connectivity index is 1.52. The normalized spacial score (nSPS) is 25.9. The molecule has 1 saturated carbocycles. The Morgan fingerprint density at radius 1 is 1.41 bits per heavy atom. The lowest BCUT2D eigenvalue weighted by Gasteiger charge is -2.53. The highest BCUT2D eigenvalue weighted by Crippen LogP contribution is 2.49. The van der Waals surface area contributed by atoms with Crippen LogP contribution < -0.4 is 10.1 Å². The molecular formula is C26H31BrN2O2S. The number of thiophene rings is 1. The predicted molar refractivity (Wildman–Crippen MR) is 136 cm³/mol. The van der Waals surface area contributed by atoms with E-state index in [1.165, 1.54) is 5.56 Å². The number of nitrogens with one attached hydrogen (secondary N) is 1. The second kappa shape index (κ2) is 10.4. The number of carbonyl (C=O) groups excluding carboxylic acids is 1. The van der Waals surface area contributed by atoms with E-state index in [2.05, 4.69) is 50.9 Å². The summed E-state index contributed by atoms with van der Waals surface area (Å²) >= 11 is 5.08. The zero-order valence-electron chi connectivity index (χ0n) is 18.6. The number of likely N-dealkylation sites (tertiary alicyclic amines) is 1. The summed E-state index contributed by atoms with van der Waals surface area (Å²) in [6, 6.07) is 10.8. The molecule has 0 radical (unpaired) electrons. The molecule has 1 amide bonds. The summed E-state index contributed by atoms with van der Waals surface area (Å²) in [5, 5.41) is 5.32. The number of fused-ring (bicyclic) bond motifs is 1. The number of hydrogen-bond donors (Lipinski definition) is 1. The molecule has 2 fully saturated rings. The Bertz CT molecular complexity index is 988. The van der Waals surface area contributed by atoms with Crippen molar-refractivity contribution in [1.29, 1.82) is 0 Å². The summed E-state index contributed by atoms with van der Waals surface area (Å²) in [7, 11) is 1.73. The van der Waals surface area contributed by atoms with Gasteiger partial charge in [0.2, 0.25) is 5.91 Å². The number of halogens is 1. The van der Waals surface area contributed by atoms with Gasteiger partial charge in [-0.3, -0.25) is 9.69 Å². The van der Waals surface area contributed by atoms with Crippen LogP contribution in [0.1, 0.15) is 36.1 Å². The first-order valence-electron chi connectivity index (χ1n) is 11.2. The number of amides is 1. The largest absolute Gasteiger partial charge is 0.497 e. The van der Waals surface area contributed by atoms with Crippen LogP contribution in [0.4, 0.5) is 0 Å². The van der Waals surface area contributed by atoms with Crippen LogP contribution in [0.25, 0.3) is 6.08 Å². The lowest BCUT2D eigenvalue weighted by atomic mass is 9.58. The Kier molecular flexibility index (Phi) is 7.54. The minimum absolute atomic E-state index is 0.0112. The highest BCUT2D eigenvalue weighted by Gasteiger charge is 2.48. The molecule has 2 heterocycles. The molecule has 1 N–H and O–H groups in total. The zero-order chi connectivity index (χ0) is 22.6. The number of rotatable bonds is 7. The third-order valence-electron chi connectivity index (χ3n) is 6.97. The first-order chi connectivity index (χ1) is 15.5. The fourth-order valence-corrected chi connectivity index (χ4v) is 6.78. The SMILES string of the molecule is C=CCN1CC[C@@]2(c3cccc(OC)c3)C[C@H](NC(=O)C=Cc3cc(Br)cs3)CC[C@@H]2C1. The van der Waals surface area contributed by atoms with Gasteiger partial charge in [-0.05, 0) is 83.9 Å². The number of hydrogen-bond acceptors (Lipinski definition) is 4.